The van der Waals surface area contributed by atoms with Crippen LogP contribution in [0.5, 0.6) is 0 Å². The first kappa shape index (κ1) is 21.3. The van der Waals surface area contributed by atoms with Crippen LogP contribution in [0.1, 0.15) is 22.3 Å². The quantitative estimate of drug-likeness (QED) is 0.449. The Kier molecular flexibility index (Phi) is 5.67. The van der Waals surface area contributed by atoms with E-state index in [1.54, 1.807) is 8.88 Å². The minimum absolute atomic E-state index is 0.669. The molecule has 152 valence electrons. The van der Waals surface area contributed by atoms with Gasteiger partial charge in [-0.25, -0.2) is 0 Å². The number of halogens is 3. The Morgan fingerprint density at radius 2 is 1.21 bits per heavy atom. The summed E-state index contributed by atoms with van der Waals surface area (Å²) >= 11 is 0. The van der Waals surface area contributed by atoms with Crippen LogP contribution in [0, 0.1) is 27.7 Å². The van der Waals surface area contributed by atoms with Crippen molar-refractivity contribution in [3.63, 3.8) is 0 Å². The van der Waals surface area contributed by atoms with Crippen LogP contribution in [0.4, 0.5) is 24.5 Å². The molecule has 0 N–H and O–H groups in total. The minimum atomic E-state index is -5.73. The summed E-state index contributed by atoms with van der Waals surface area (Å²) in [6, 6.07) is 11.1. The van der Waals surface area contributed by atoms with E-state index in [1.807, 2.05) is 64.1 Å². The average Bonchev–Trinajstić information content (AvgIpc) is 2.56. The van der Waals surface area contributed by atoms with Crippen molar-refractivity contribution < 1.29 is 25.6 Å². The Labute approximate surface area is 165 Å². The average molecular weight is 451 g/mol. The van der Waals surface area contributed by atoms with Crippen LogP contribution < -0.4 is 8.88 Å². The van der Waals surface area contributed by atoms with Gasteiger partial charge in [0.1, 0.15) is 0 Å². The summed E-state index contributed by atoms with van der Waals surface area (Å²) < 4.78 is 70.7. The second-order valence-corrected chi connectivity index (χ2v) is 12.0. The van der Waals surface area contributed by atoms with E-state index in [0.717, 1.165) is 33.6 Å². The first-order valence-corrected chi connectivity index (χ1v) is 11.9. The molecule has 0 aliphatic carbocycles. The van der Waals surface area contributed by atoms with Crippen molar-refractivity contribution in [1.82, 2.24) is 0 Å². The number of aryl methyl sites for hydroxylation is 4. The summed E-state index contributed by atoms with van der Waals surface area (Å²) in [4.78, 5) is 0. The number of para-hydroxylation sites is 2. The van der Waals surface area contributed by atoms with Crippen molar-refractivity contribution >= 4 is 38.8 Å². The summed E-state index contributed by atoms with van der Waals surface area (Å²) in [7, 11) is -8.60. The van der Waals surface area contributed by atoms with E-state index in [1.165, 1.54) is 0 Å². The summed E-state index contributed by atoms with van der Waals surface area (Å²) in [6.45, 7) is 7.37. The van der Waals surface area contributed by atoms with Crippen molar-refractivity contribution in [3.05, 3.63) is 58.7 Å². The maximum Gasteiger partial charge on any atom is 0.523 e. The molecule has 0 saturated carbocycles. The first-order chi connectivity index (χ1) is 12.9. The number of hydrogen-bond donors (Lipinski definition) is 0. The molecule has 2 aromatic carbocycles. The zero-order valence-corrected chi connectivity index (χ0v) is 18.5. The number of hydrogen-bond acceptors (Lipinski definition) is 5. The van der Waals surface area contributed by atoms with Crippen LogP contribution in [0.15, 0.2) is 36.4 Å². The molecule has 1 saturated heterocycles. The van der Waals surface area contributed by atoms with Crippen molar-refractivity contribution in [2.24, 2.45) is 0 Å². The minimum Gasteiger partial charge on any atom is -0.191 e. The van der Waals surface area contributed by atoms with E-state index < -0.39 is 33.0 Å². The number of alkyl halides is 3. The van der Waals surface area contributed by atoms with Crippen LogP contribution >= 0.6 is 17.3 Å². The Bertz CT molecular complexity index is 917. The largest absolute Gasteiger partial charge is 0.523 e. The molecular weight excluding hydrogens is 431 g/mol. The van der Waals surface area contributed by atoms with E-state index in [2.05, 4.69) is 0 Å². The van der Waals surface area contributed by atoms with Gasteiger partial charge in [-0.3, -0.25) is 0 Å². The Morgan fingerprint density at radius 3 is 1.54 bits per heavy atom. The molecule has 0 amide bonds. The molecule has 0 aromatic heterocycles. The molecule has 1 aliphatic heterocycles. The van der Waals surface area contributed by atoms with Gasteiger partial charge in [-0.2, -0.15) is 34.4 Å². The summed E-state index contributed by atoms with van der Waals surface area (Å²) in [5, 5.41) is 0. The van der Waals surface area contributed by atoms with Gasteiger partial charge < -0.3 is 0 Å². The highest BCUT2D eigenvalue weighted by atomic mass is 32.2. The maximum atomic E-state index is 13.0. The molecule has 5 nitrogen and oxygen atoms in total. The molecule has 0 spiro atoms. The van der Waals surface area contributed by atoms with E-state index in [4.69, 9.17) is 3.97 Å². The predicted octanol–water partition coefficient (Wildman–Crippen LogP) is 5.58. The van der Waals surface area contributed by atoms with Crippen molar-refractivity contribution in [2.45, 2.75) is 33.2 Å². The van der Waals surface area contributed by atoms with Gasteiger partial charge in [0.2, 0.25) is 0 Å². The zero-order chi connectivity index (χ0) is 20.9. The third-order valence-corrected chi connectivity index (χ3v) is 10.2. The number of anilines is 2. The summed E-state index contributed by atoms with van der Waals surface area (Å²) in [6.07, 6.45) is 0. The standard InChI is InChI=1S/C17H19F3N2O3P2S/c1-11-7-5-8-12(2)15(11)21-26-22(16-13(3)9-6-10-14(16)4)27(21)25-28(23,24)17(18,19)20/h5-10,26H,1-4H3/p+1. The highest BCUT2D eigenvalue weighted by Gasteiger charge is 2.57. The zero-order valence-electron chi connectivity index (χ0n) is 15.6. The van der Waals surface area contributed by atoms with Gasteiger partial charge in [0, 0.05) is 0 Å². The van der Waals surface area contributed by atoms with Gasteiger partial charge in [0.05, 0.1) is 11.4 Å². The topological polar surface area (TPSA) is 49.9 Å². The Hall–Kier alpha value is -1.40. The summed E-state index contributed by atoms with van der Waals surface area (Å²) in [5.74, 6) is 0. The summed E-state index contributed by atoms with van der Waals surface area (Å²) in [5.41, 5.74) is -0.599. The van der Waals surface area contributed by atoms with Crippen LogP contribution in [0.25, 0.3) is 0 Å². The number of nitrogens with zero attached hydrogens (tertiary/aromatic N) is 2. The van der Waals surface area contributed by atoms with Crippen LogP contribution in [0.2, 0.25) is 0 Å². The molecular formula is C17H20F3N2O3P2S+. The Balaban J connectivity index is 2.06. The molecule has 11 heteroatoms. The molecule has 0 radical (unpaired) electrons. The van der Waals surface area contributed by atoms with Crippen molar-refractivity contribution in [3.8, 4) is 0 Å². The van der Waals surface area contributed by atoms with Crippen molar-refractivity contribution in [2.75, 3.05) is 8.88 Å². The van der Waals surface area contributed by atoms with Gasteiger partial charge in [-0.05, 0) is 49.9 Å². The Morgan fingerprint density at radius 1 is 0.857 bits per heavy atom. The van der Waals surface area contributed by atoms with Gasteiger partial charge in [-0.1, -0.05) is 36.4 Å². The third-order valence-electron chi connectivity index (χ3n) is 4.37. The van der Waals surface area contributed by atoms with Gasteiger partial charge in [0.25, 0.3) is 0 Å². The lowest BCUT2D eigenvalue weighted by Gasteiger charge is -2.43. The third kappa shape index (κ3) is 3.73. The normalized spacial score (nSPS) is 18.5. The number of rotatable bonds is 4. The van der Waals surface area contributed by atoms with E-state index in [-0.39, 0.29) is 0 Å². The smallest absolute Gasteiger partial charge is 0.191 e. The lowest BCUT2D eigenvalue weighted by Crippen LogP contribution is -2.37. The van der Waals surface area contributed by atoms with Gasteiger partial charge in [-0.15, -0.1) is 0 Å². The van der Waals surface area contributed by atoms with Gasteiger partial charge >= 0.3 is 24.1 Å². The van der Waals surface area contributed by atoms with E-state index in [9.17, 15) is 21.6 Å². The highest BCUT2D eigenvalue weighted by Crippen LogP contribution is 2.72. The molecule has 2 aromatic rings. The SMILES string of the molecule is Cc1cccc(C)c1N1[PH2+]N(c2c(C)cccc2C)P1OS(=O)(=O)C(F)(F)F. The van der Waals surface area contributed by atoms with Gasteiger partial charge in [0.15, 0.2) is 8.88 Å². The van der Waals surface area contributed by atoms with Crippen LogP contribution in [-0.2, 0) is 14.1 Å². The van der Waals surface area contributed by atoms with Crippen LogP contribution in [-0.4, -0.2) is 13.9 Å². The van der Waals surface area contributed by atoms with E-state index in [0.29, 0.717) is 0 Å². The fourth-order valence-electron chi connectivity index (χ4n) is 3.07. The molecule has 1 heterocycles. The fourth-order valence-corrected chi connectivity index (χ4v) is 9.08. The second kappa shape index (κ2) is 7.45. The lowest BCUT2D eigenvalue weighted by atomic mass is 10.1. The number of benzene rings is 2. The molecule has 28 heavy (non-hydrogen) atoms. The van der Waals surface area contributed by atoms with E-state index >= 15 is 0 Å². The molecule has 1 fully saturated rings. The predicted molar refractivity (Wildman–Crippen MR) is 109 cm³/mol. The van der Waals surface area contributed by atoms with Crippen LogP contribution in [0.3, 0.4) is 0 Å². The highest BCUT2D eigenvalue weighted by molar-refractivity contribution is 7.96. The molecule has 3 rings (SSSR count). The lowest BCUT2D eigenvalue weighted by molar-refractivity contribution is -0.0497. The molecule has 0 atom stereocenters. The molecule has 1 aliphatic rings. The van der Waals surface area contributed by atoms with Crippen molar-refractivity contribution in [1.29, 1.82) is 0 Å². The first-order valence-electron chi connectivity index (χ1n) is 8.31. The fraction of sp³-hybridized carbons (Fsp3) is 0.294. The molecule has 0 bridgehead atoms. The monoisotopic (exact) mass is 451 g/mol. The second-order valence-electron chi connectivity index (χ2n) is 6.51. The molecule has 0 unspecified atom stereocenters. The maximum absolute atomic E-state index is 13.0.